The predicted molar refractivity (Wildman–Crippen MR) is 107 cm³/mol. The number of piperidine rings is 1. The molecule has 0 unspecified atom stereocenters. The van der Waals surface area contributed by atoms with Gasteiger partial charge in [0.05, 0.1) is 7.11 Å². The van der Waals surface area contributed by atoms with Crippen molar-refractivity contribution in [1.29, 1.82) is 0 Å². The monoisotopic (exact) mass is 411 g/mol. The average molecular weight is 411 g/mol. The highest BCUT2D eigenvalue weighted by atomic mass is 19.4. The molecule has 3 rings (SSSR count). The number of ether oxygens (including phenoxy) is 2. The minimum absolute atomic E-state index is 0.676. The number of rotatable bonds is 3. The van der Waals surface area contributed by atoms with Crippen molar-refractivity contribution in [1.82, 2.24) is 5.32 Å². The van der Waals surface area contributed by atoms with Gasteiger partial charge in [0.2, 0.25) is 0 Å². The number of esters is 1. The fourth-order valence-electron chi connectivity index (χ4n) is 2.70. The Morgan fingerprint density at radius 3 is 1.90 bits per heavy atom. The number of carbonyl (C=O) groups excluding carboxylic acids is 1. The third-order valence-corrected chi connectivity index (χ3v) is 4.09. The molecule has 1 aliphatic rings. The molecule has 1 saturated heterocycles. The fourth-order valence-corrected chi connectivity index (χ4v) is 2.70. The second kappa shape index (κ2) is 12.8. The van der Waals surface area contributed by atoms with Crippen molar-refractivity contribution in [2.24, 2.45) is 0 Å². The third kappa shape index (κ3) is 9.00. The van der Waals surface area contributed by atoms with E-state index < -0.39 is 12.1 Å². The van der Waals surface area contributed by atoms with Crippen LogP contribution in [-0.2, 0) is 9.53 Å². The van der Waals surface area contributed by atoms with Gasteiger partial charge in [0.15, 0.2) is 0 Å². The summed E-state index contributed by atoms with van der Waals surface area (Å²) >= 11 is 0. The fraction of sp³-hybridized carbons (Fsp3) is 0.409. The molecule has 1 heterocycles. The molecule has 1 fully saturated rings. The first-order valence-electron chi connectivity index (χ1n) is 9.59. The van der Waals surface area contributed by atoms with E-state index in [4.69, 9.17) is 4.74 Å². The number of methoxy groups -OCH3 is 1. The number of hydrogen-bond acceptors (Lipinski definition) is 4. The van der Waals surface area contributed by atoms with Crippen LogP contribution in [0.5, 0.6) is 11.5 Å². The summed E-state index contributed by atoms with van der Waals surface area (Å²) in [7, 11) is 0.676. The summed E-state index contributed by atoms with van der Waals surface area (Å²) in [6.07, 6.45) is -2.38. The maximum absolute atomic E-state index is 11.0. The highest BCUT2D eigenvalue weighted by molar-refractivity contribution is 5.75. The van der Waals surface area contributed by atoms with E-state index in [1.54, 1.807) is 0 Å². The summed E-state index contributed by atoms with van der Waals surface area (Å²) in [5.41, 5.74) is 1.43. The van der Waals surface area contributed by atoms with Crippen LogP contribution in [0, 0.1) is 0 Å². The molecule has 4 nitrogen and oxygen atoms in total. The van der Waals surface area contributed by atoms with Crippen LogP contribution in [0.1, 0.15) is 38.2 Å². The van der Waals surface area contributed by atoms with Gasteiger partial charge in [-0.2, -0.15) is 13.2 Å². The Bertz CT molecular complexity index is 697. The van der Waals surface area contributed by atoms with E-state index >= 15 is 0 Å². The van der Waals surface area contributed by atoms with Crippen LogP contribution in [-0.4, -0.2) is 32.3 Å². The first-order chi connectivity index (χ1) is 13.9. The van der Waals surface area contributed by atoms with Crippen LogP contribution >= 0.6 is 0 Å². The Labute approximate surface area is 170 Å². The van der Waals surface area contributed by atoms with Crippen molar-refractivity contribution in [3.63, 3.8) is 0 Å². The summed E-state index contributed by atoms with van der Waals surface area (Å²) in [5, 5.41) is 3.40. The molecular weight excluding hydrogens is 383 g/mol. The number of carbonyl (C=O) groups is 1. The number of alkyl halides is 3. The van der Waals surface area contributed by atoms with Crippen molar-refractivity contribution in [3.05, 3.63) is 60.2 Å². The van der Waals surface area contributed by atoms with E-state index in [1.807, 2.05) is 44.2 Å². The molecule has 160 valence electrons. The van der Waals surface area contributed by atoms with E-state index in [9.17, 15) is 18.0 Å². The predicted octanol–water partition coefficient (Wildman–Crippen LogP) is 5.69. The zero-order valence-electron chi connectivity index (χ0n) is 17.0. The van der Waals surface area contributed by atoms with Crippen LogP contribution in [0.15, 0.2) is 54.6 Å². The molecule has 0 saturated carbocycles. The average Bonchev–Trinajstić information content (AvgIpc) is 2.76. The molecule has 0 aliphatic carbocycles. The molecular formula is C22H28F3NO3. The van der Waals surface area contributed by atoms with Gasteiger partial charge < -0.3 is 14.8 Å². The van der Waals surface area contributed by atoms with Crippen LogP contribution in [0.25, 0.3) is 0 Å². The smallest absolute Gasteiger partial charge is 0.462 e. The Morgan fingerprint density at radius 1 is 0.931 bits per heavy atom. The second-order valence-electron chi connectivity index (χ2n) is 6.00. The minimum atomic E-state index is -4.85. The highest BCUT2D eigenvalue weighted by Crippen LogP contribution is 2.28. The quantitative estimate of drug-likeness (QED) is 0.659. The topological polar surface area (TPSA) is 47.6 Å². The zero-order valence-corrected chi connectivity index (χ0v) is 17.0. The van der Waals surface area contributed by atoms with Gasteiger partial charge in [0.25, 0.3) is 0 Å². The van der Waals surface area contributed by atoms with Gasteiger partial charge in [-0.25, -0.2) is 4.79 Å². The molecule has 2 aromatic rings. The summed E-state index contributed by atoms with van der Waals surface area (Å²) < 4.78 is 42.1. The molecule has 1 aliphatic heterocycles. The lowest BCUT2D eigenvalue weighted by molar-refractivity contribution is -0.196. The maximum Gasteiger partial charge on any atom is 0.490 e. The molecule has 7 heteroatoms. The van der Waals surface area contributed by atoms with Crippen molar-refractivity contribution >= 4 is 5.97 Å². The van der Waals surface area contributed by atoms with Crippen LogP contribution < -0.4 is 10.1 Å². The molecule has 0 spiro atoms. The Balaban J connectivity index is 0.000000358. The molecule has 0 aromatic heterocycles. The van der Waals surface area contributed by atoms with Crippen LogP contribution in [0.2, 0.25) is 0 Å². The lowest BCUT2D eigenvalue weighted by atomic mass is 9.90. The van der Waals surface area contributed by atoms with Crippen LogP contribution in [0.3, 0.4) is 0 Å². The van der Waals surface area contributed by atoms with Crippen LogP contribution in [0.4, 0.5) is 13.2 Å². The maximum atomic E-state index is 11.0. The van der Waals surface area contributed by atoms with Gasteiger partial charge in [-0.15, -0.1) is 0 Å². The largest absolute Gasteiger partial charge is 0.490 e. The normalized spacial score (nSPS) is 13.9. The Hall–Kier alpha value is -2.54. The number of hydrogen-bond donors (Lipinski definition) is 1. The standard InChI is InChI=1S/C17H19NO.C3H3F3O2.C2H6/c1-2-4-16(5-3-1)19-17-8-6-14(7-9-17)15-10-12-18-13-11-15;1-8-2(7)3(4,5)6;1-2/h1-9,15,18H,10-13H2;1H3;1-2H3. The van der Waals surface area contributed by atoms with Gasteiger partial charge in [-0.1, -0.05) is 44.2 Å². The van der Waals surface area contributed by atoms with Gasteiger partial charge in [-0.05, 0) is 61.7 Å². The molecule has 29 heavy (non-hydrogen) atoms. The first kappa shape index (κ1) is 24.5. The summed E-state index contributed by atoms with van der Waals surface area (Å²) in [6.45, 7) is 6.26. The summed E-state index contributed by atoms with van der Waals surface area (Å²) in [5.74, 6) is 0.325. The summed E-state index contributed by atoms with van der Waals surface area (Å²) in [6, 6.07) is 18.5. The van der Waals surface area contributed by atoms with Gasteiger partial charge >= 0.3 is 12.1 Å². The van der Waals surface area contributed by atoms with E-state index in [2.05, 4.69) is 34.3 Å². The minimum Gasteiger partial charge on any atom is -0.462 e. The van der Waals surface area contributed by atoms with Crippen molar-refractivity contribution in [2.75, 3.05) is 20.2 Å². The number of nitrogens with one attached hydrogen (secondary N) is 1. The second-order valence-corrected chi connectivity index (χ2v) is 6.00. The molecule has 0 bridgehead atoms. The Kier molecular flexibility index (Phi) is 10.8. The third-order valence-electron chi connectivity index (χ3n) is 4.09. The van der Waals surface area contributed by atoms with E-state index in [1.165, 1.54) is 18.4 Å². The van der Waals surface area contributed by atoms with Gasteiger partial charge in [0.1, 0.15) is 11.5 Å². The van der Waals surface area contributed by atoms with Gasteiger partial charge in [0, 0.05) is 0 Å². The highest BCUT2D eigenvalue weighted by Gasteiger charge is 2.40. The molecule has 0 amide bonds. The number of benzene rings is 2. The van der Waals surface area contributed by atoms with E-state index in [0.29, 0.717) is 13.0 Å². The first-order valence-corrected chi connectivity index (χ1v) is 9.59. The van der Waals surface area contributed by atoms with Crippen molar-refractivity contribution < 1.29 is 27.4 Å². The molecule has 0 radical (unpaired) electrons. The SMILES string of the molecule is CC.COC(=O)C(F)(F)F.c1ccc(Oc2ccc(C3CCNCC3)cc2)cc1. The van der Waals surface area contributed by atoms with Gasteiger partial charge in [-0.3, -0.25) is 0 Å². The van der Waals surface area contributed by atoms with Crippen molar-refractivity contribution in [2.45, 2.75) is 38.8 Å². The Morgan fingerprint density at radius 2 is 1.45 bits per heavy atom. The lowest BCUT2D eigenvalue weighted by Gasteiger charge is -2.23. The molecule has 0 atom stereocenters. The zero-order chi connectivity index (χ0) is 21.7. The summed E-state index contributed by atoms with van der Waals surface area (Å²) in [4.78, 5) is 9.49. The number of halogens is 3. The van der Waals surface area contributed by atoms with E-state index in [-0.39, 0.29) is 0 Å². The molecule has 2 aromatic carbocycles. The lowest BCUT2D eigenvalue weighted by Crippen LogP contribution is -2.26. The van der Waals surface area contributed by atoms with E-state index in [0.717, 1.165) is 24.6 Å². The number of para-hydroxylation sites is 1. The van der Waals surface area contributed by atoms with Crippen molar-refractivity contribution in [3.8, 4) is 11.5 Å². The molecule has 1 N–H and O–H groups in total.